The van der Waals surface area contributed by atoms with E-state index in [1.165, 1.54) is 10.4 Å². The topological polar surface area (TPSA) is 128 Å². The quantitative estimate of drug-likeness (QED) is 0.363. The fourth-order valence-corrected chi connectivity index (χ4v) is 6.75. The van der Waals surface area contributed by atoms with Crippen molar-refractivity contribution in [3.05, 3.63) is 39.0 Å². The van der Waals surface area contributed by atoms with Crippen LogP contribution in [0.5, 0.6) is 17.5 Å². The summed E-state index contributed by atoms with van der Waals surface area (Å²) in [5, 5.41) is 0.738. The van der Waals surface area contributed by atoms with E-state index in [-0.39, 0.29) is 11.6 Å². The Bertz CT molecular complexity index is 1590. The first-order valence-electron chi connectivity index (χ1n) is 14.0. The van der Waals surface area contributed by atoms with E-state index >= 15 is 0 Å². The molecule has 1 N–H and O–H groups in total. The van der Waals surface area contributed by atoms with E-state index in [2.05, 4.69) is 24.8 Å². The number of hydrogen-bond acceptors (Lipinski definition) is 12. The Morgan fingerprint density at radius 1 is 0.878 bits per heavy atom. The number of anilines is 2. The van der Waals surface area contributed by atoms with Gasteiger partial charge in [-0.1, -0.05) is 0 Å². The molecule has 2 aliphatic heterocycles. The first kappa shape index (κ1) is 26.1. The number of H-pyrrole nitrogens is 1. The number of aromatic amines is 1. The highest BCUT2D eigenvalue weighted by molar-refractivity contribution is 7.18. The Hall–Kier alpha value is -3.81. The average molecular weight is 578 g/mol. The summed E-state index contributed by atoms with van der Waals surface area (Å²) in [5.41, 5.74) is 1.79. The lowest BCUT2D eigenvalue weighted by atomic mass is 9.97. The summed E-state index contributed by atoms with van der Waals surface area (Å²) in [6.07, 6.45) is 4.23. The van der Waals surface area contributed by atoms with E-state index in [9.17, 15) is 4.79 Å². The van der Waals surface area contributed by atoms with Crippen molar-refractivity contribution in [3.63, 3.8) is 0 Å². The van der Waals surface area contributed by atoms with E-state index in [0.717, 1.165) is 41.5 Å². The SMILES string of the molecule is COc1cc(-c2nc3sc4c(c3c(=O)[nH]2)CCCC4)ccc1Oc1nc(N2CCOCC2)nc(N2CCOCC2)n1. The minimum Gasteiger partial charge on any atom is -0.493 e. The molecule has 1 aliphatic carbocycles. The molecular formula is C28H31N7O5S. The summed E-state index contributed by atoms with van der Waals surface area (Å²) in [6.45, 7) is 5.19. The molecule has 7 rings (SSSR count). The number of morpholine rings is 2. The van der Waals surface area contributed by atoms with E-state index in [4.69, 9.17) is 28.9 Å². The van der Waals surface area contributed by atoms with Crippen LogP contribution in [0.1, 0.15) is 23.3 Å². The van der Waals surface area contributed by atoms with Crippen LogP contribution in [-0.4, -0.2) is 84.6 Å². The number of rotatable bonds is 6. The summed E-state index contributed by atoms with van der Waals surface area (Å²) in [6, 6.07) is 5.61. The van der Waals surface area contributed by atoms with E-state index in [1.54, 1.807) is 30.6 Å². The Balaban J connectivity index is 1.21. The molecule has 0 atom stereocenters. The summed E-state index contributed by atoms with van der Waals surface area (Å²) >= 11 is 1.63. The second kappa shape index (κ2) is 11.2. The van der Waals surface area contributed by atoms with Gasteiger partial charge in [-0.05, 0) is 49.4 Å². The second-order valence-electron chi connectivity index (χ2n) is 10.2. The number of benzene rings is 1. The van der Waals surface area contributed by atoms with Crippen LogP contribution < -0.4 is 24.8 Å². The summed E-state index contributed by atoms with van der Waals surface area (Å²) in [4.78, 5) is 41.1. The molecule has 214 valence electrons. The zero-order chi connectivity index (χ0) is 27.8. The third kappa shape index (κ3) is 5.20. The molecule has 41 heavy (non-hydrogen) atoms. The lowest BCUT2D eigenvalue weighted by molar-refractivity contribution is 0.121. The van der Waals surface area contributed by atoms with Gasteiger partial charge in [0.1, 0.15) is 10.7 Å². The fourth-order valence-electron chi connectivity index (χ4n) is 5.49. The van der Waals surface area contributed by atoms with Crippen molar-refractivity contribution in [1.82, 2.24) is 24.9 Å². The van der Waals surface area contributed by atoms with Crippen LogP contribution in [0.3, 0.4) is 0 Å². The van der Waals surface area contributed by atoms with E-state index < -0.39 is 0 Å². The molecule has 2 saturated heterocycles. The van der Waals surface area contributed by atoms with Gasteiger partial charge in [0, 0.05) is 36.6 Å². The third-order valence-corrected chi connectivity index (χ3v) is 8.83. The fraction of sp³-hybridized carbons (Fsp3) is 0.464. The molecule has 4 aromatic rings. The van der Waals surface area contributed by atoms with Crippen molar-refractivity contribution >= 4 is 33.5 Å². The second-order valence-corrected chi connectivity index (χ2v) is 11.3. The normalized spacial score (nSPS) is 17.5. The number of nitrogens with zero attached hydrogens (tertiary/aromatic N) is 6. The Kier molecular flexibility index (Phi) is 7.15. The summed E-state index contributed by atoms with van der Waals surface area (Å²) < 4.78 is 22.9. The van der Waals surface area contributed by atoms with Crippen LogP contribution in [0.4, 0.5) is 11.9 Å². The Morgan fingerprint density at radius 2 is 1.56 bits per heavy atom. The van der Waals surface area contributed by atoms with Crippen LogP contribution in [-0.2, 0) is 22.3 Å². The molecule has 13 heteroatoms. The van der Waals surface area contributed by atoms with E-state index in [1.807, 2.05) is 6.07 Å². The van der Waals surface area contributed by atoms with Gasteiger partial charge >= 0.3 is 6.01 Å². The maximum absolute atomic E-state index is 13.1. The molecule has 3 aromatic heterocycles. The van der Waals surface area contributed by atoms with Crippen LogP contribution in [0.2, 0.25) is 0 Å². The van der Waals surface area contributed by atoms with Gasteiger partial charge in [-0.25, -0.2) is 4.98 Å². The van der Waals surface area contributed by atoms with Crippen LogP contribution in [0.15, 0.2) is 23.0 Å². The first-order chi connectivity index (χ1) is 20.2. The highest BCUT2D eigenvalue weighted by Crippen LogP contribution is 2.37. The van der Waals surface area contributed by atoms with Crippen molar-refractivity contribution in [2.45, 2.75) is 25.7 Å². The maximum Gasteiger partial charge on any atom is 0.328 e. The maximum atomic E-state index is 13.1. The molecule has 2 fully saturated rings. The molecule has 0 unspecified atom stereocenters. The zero-order valence-electron chi connectivity index (χ0n) is 22.9. The molecule has 0 saturated carbocycles. The van der Waals surface area contributed by atoms with Crippen molar-refractivity contribution in [1.29, 1.82) is 0 Å². The number of methoxy groups -OCH3 is 1. The largest absolute Gasteiger partial charge is 0.493 e. The van der Waals surface area contributed by atoms with Crippen molar-refractivity contribution in [2.75, 3.05) is 69.5 Å². The zero-order valence-corrected chi connectivity index (χ0v) is 23.7. The number of aryl methyl sites for hydroxylation is 2. The monoisotopic (exact) mass is 577 g/mol. The van der Waals surface area contributed by atoms with Crippen molar-refractivity contribution in [2.24, 2.45) is 0 Å². The molecule has 0 amide bonds. The number of thiophene rings is 1. The van der Waals surface area contributed by atoms with Crippen LogP contribution in [0, 0.1) is 0 Å². The number of ether oxygens (including phenoxy) is 4. The lowest BCUT2D eigenvalue weighted by Gasteiger charge is -2.30. The van der Waals surface area contributed by atoms with Crippen LogP contribution in [0.25, 0.3) is 21.6 Å². The lowest BCUT2D eigenvalue weighted by Crippen LogP contribution is -2.40. The highest BCUT2D eigenvalue weighted by atomic mass is 32.1. The molecule has 0 bridgehead atoms. The minimum atomic E-state index is -0.0971. The number of nitrogens with one attached hydrogen (secondary N) is 1. The molecule has 1 aromatic carbocycles. The van der Waals surface area contributed by atoms with E-state index in [0.29, 0.717) is 81.8 Å². The molecule has 12 nitrogen and oxygen atoms in total. The Morgan fingerprint density at radius 3 is 2.24 bits per heavy atom. The number of aromatic nitrogens is 5. The predicted molar refractivity (Wildman–Crippen MR) is 155 cm³/mol. The average Bonchev–Trinajstić information content (AvgIpc) is 3.41. The van der Waals surface area contributed by atoms with Crippen molar-refractivity contribution < 1.29 is 18.9 Å². The van der Waals surface area contributed by atoms with Gasteiger partial charge in [0.15, 0.2) is 11.5 Å². The van der Waals surface area contributed by atoms with Gasteiger partial charge in [-0.2, -0.15) is 15.0 Å². The third-order valence-electron chi connectivity index (χ3n) is 7.64. The van der Waals surface area contributed by atoms with Gasteiger partial charge in [0.2, 0.25) is 11.9 Å². The van der Waals surface area contributed by atoms with Crippen LogP contribution >= 0.6 is 11.3 Å². The predicted octanol–water partition coefficient (Wildman–Crippen LogP) is 3.19. The standard InChI is InChI=1S/C28H31N7O5S/c1-37-20-16-17(23-29-24(36)22-18-4-2-3-5-21(18)41-25(22)30-23)6-7-19(20)40-28-32-26(34-8-12-38-13-9-34)31-27(33-28)35-10-14-39-15-11-35/h6-7,16H,2-5,8-15H2,1H3,(H,29,30,36). The number of fused-ring (bicyclic) bond motifs is 3. The molecule has 0 radical (unpaired) electrons. The minimum absolute atomic E-state index is 0.0971. The molecule has 0 spiro atoms. The Labute approximate surface area is 240 Å². The van der Waals surface area contributed by atoms with Gasteiger partial charge in [0.25, 0.3) is 5.56 Å². The first-order valence-corrected chi connectivity index (χ1v) is 14.8. The van der Waals surface area contributed by atoms with Gasteiger partial charge in [0.05, 0.1) is 38.9 Å². The van der Waals surface area contributed by atoms with Crippen molar-refractivity contribution in [3.8, 4) is 28.9 Å². The van der Waals surface area contributed by atoms with Gasteiger partial charge < -0.3 is 33.7 Å². The molecular weight excluding hydrogens is 546 g/mol. The summed E-state index contributed by atoms with van der Waals surface area (Å²) in [5.74, 6) is 2.50. The molecule has 3 aliphatic rings. The molecule has 5 heterocycles. The smallest absolute Gasteiger partial charge is 0.328 e. The highest BCUT2D eigenvalue weighted by Gasteiger charge is 2.23. The van der Waals surface area contributed by atoms with Gasteiger partial charge in [-0.15, -0.1) is 11.3 Å². The van der Waals surface area contributed by atoms with Gasteiger partial charge in [-0.3, -0.25) is 4.79 Å². The summed E-state index contributed by atoms with van der Waals surface area (Å²) in [7, 11) is 1.57. The number of hydrogen-bond donors (Lipinski definition) is 1.